The first-order valence-corrected chi connectivity index (χ1v) is 12.4. The molecule has 0 atom stereocenters. The highest BCUT2D eigenvalue weighted by Gasteiger charge is 2.21. The number of rotatable bonds is 19. The van der Waals surface area contributed by atoms with E-state index in [1.807, 2.05) is 0 Å². The lowest BCUT2D eigenvalue weighted by molar-refractivity contribution is 0.0856. The van der Waals surface area contributed by atoms with E-state index in [1.54, 1.807) is 13.8 Å². The fraction of sp³-hybridized carbons (Fsp3) is 0.909. The zero-order valence-corrected chi connectivity index (χ0v) is 19.8. The van der Waals surface area contributed by atoms with Crippen molar-refractivity contribution >= 4 is 10.4 Å². The van der Waals surface area contributed by atoms with E-state index in [1.165, 1.54) is 77.0 Å². The van der Waals surface area contributed by atoms with Crippen molar-refractivity contribution in [3.8, 4) is 0 Å². The molecule has 0 saturated carbocycles. The van der Waals surface area contributed by atoms with Gasteiger partial charge in [0.25, 0.3) is 0 Å². The molecule has 0 aromatic carbocycles. The first kappa shape index (κ1) is 29.8. The summed E-state index contributed by atoms with van der Waals surface area (Å²) in [7, 11) is -4.61. The summed E-state index contributed by atoms with van der Waals surface area (Å²) >= 11 is 0. The van der Waals surface area contributed by atoms with Gasteiger partial charge in [0.05, 0.1) is 5.60 Å². The van der Waals surface area contributed by atoms with Gasteiger partial charge in [0.1, 0.15) is 0 Å². The lowest BCUT2D eigenvalue weighted by Crippen LogP contribution is -2.27. The van der Waals surface area contributed by atoms with Crippen LogP contribution in [0, 0.1) is 0 Å². The van der Waals surface area contributed by atoms with Crippen molar-refractivity contribution in [1.82, 2.24) is 6.15 Å². The highest BCUT2D eigenvalue weighted by molar-refractivity contribution is 7.80. The molecule has 0 radical (unpaired) electrons. The van der Waals surface area contributed by atoms with Crippen LogP contribution in [0.2, 0.25) is 0 Å². The second-order valence-electron chi connectivity index (χ2n) is 8.29. The molecule has 170 valence electrons. The van der Waals surface area contributed by atoms with E-state index in [0.717, 1.165) is 19.3 Å². The van der Waals surface area contributed by atoms with Crippen LogP contribution in [0.25, 0.3) is 0 Å². The van der Waals surface area contributed by atoms with Crippen LogP contribution in [0.4, 0.5) is 0 Å². The SMILES string of the molecule is CCCCCCCC/C=C\CCCCCCCCCC(C)(C)OS(=O)(=O)[O-].[NH4+]. The molecule has 0 aliphatic carbocycles. The maximum Gasteiger partial charge on any atom is 0.218 e. The Hall–Kier alpha value is -0.430. The molecule has 0 amide bonds. The van der Waals surface area contributed by atoms with Gasteiger partial charge < -0.3 is 10.7 Å². The van der Waals surface area contributed by atoms with Gasteiger partial charge in [0.2, 0.25) is 10.4 Å². The lowest BCUT2D eigenvalue weighted by atomic mass is 9.99. The van der Waals surface area contributed by atoms with E-state index in [0.29, 0.717) is 6.42 Å². The monoisotopic (exact) mass is 421 g/mol. The molecule has 0 heterocycles. The molecule has 0 saturated heterocycles. The Morgan fingerprint density at radius 1 is 0.750 bits per heavy atom. The summed E-state index contributed by atoms with van der Waals surface area (Å²) in [5.74, 6) is 0. The molecule has 0 aliphatic rings. The molecule has 5 nitrogen and oxygen atoms in total. The standard InChI is InChI=1S/C22H44O4S.H3N/c1-4-5-6-7-8-9-10-11-12-13-14-15-16-17-18-19-20-21-22(2,3)26-27(23,24)25;/h11-12H,4-10,13-21H2,1-3H3,(H,23,24,25);1H3/b12-11-;. The minimum absolute atomic E-state index is 0. The molecule has 0 fully saturated rings. The summed E-state index contributed by atoms with van der Waals surface area (Å²) in [5, 5.41) is 0. The Labute approximate surface area is 175 Å². The third-order valence-electron chi connectivity index (χ3n) is 4.87. The van der Waals surface area contributed by atoms with Crippen molar-refractivity contribution in [2.24, 2.45) is 0 Å². The van der Waals surface area contributed by atoms with E-state index < -0.39 is 16.0 Å². The predicted octanol–water partition coefficient (Wildman–Crippen LogP) is 7.44. The van der Waals surface area contributed by atoms with Crippen molar-refractivity contribution < 1.29 is 17.2 Å². The Balaban J connectivity index is 0. The van der Waals surface area contributed by atoms with Gasteiger partial charge in [-0.05, 0) is 46.0 Å². The van der Waals surface area contributed by atoms with E-state index in [2.05, 4.69) is 23.3 Å². The zero-order chi connectivity index (χ0) is 20.4. The highest BCUT2D eigenvalue weighted by atomic mass is 32.3. The van der Waals surface area contributed by atoms with Crippen LogP contribution in [-0.4, -0.2) is 18.6 Å². The van der Waals surface area contributed by atoms with Gasteiger partial charge in [-0.15, -0.1) is 0 Å². The summed E-state index contributed by atoms with van der Waals surface area (Å²) in [6, 6.07) is 0. The van der Waals surface area contributed by atoms with Crippen molar-refractivity contribution in [2.45, 2.75) is 129 Å². The quantitative estimate of drug-likeness (QED) is 0.101. The van der Waals surface area contributed by atoms with Crippen LogP contribution < -0.4 is 6.15 Å². The largest absolute Gasteiger partial charge is 0.726 e. The first-order chi connectivity index (χ1) is 12.8. The number of unbranched alkanes of at least 4 members (excludes halogenated alkanes) is 13. The van der Waals surface area contributed by atoms with Crippen molar-refractivity contribution in [1.29, 1.82) is 0 Å². The summed E-state index contributed by atoms with van der Waals surface area (Å²) < 4.78 is 36.5. The predicted molar refractivity (Wildman–Crippen MR) is 120 cm³/mol. The van der Waals surface area contributed by atoms with Crippen molar-refractivity contribution in [3.63, 3.8) is 0 Å². The lowest BCUT2D eigenvalue weighted by Gasteiger charge is -2.26. The van der Waals surface area contributed by atoms with Gasteiger partial charge >= 0.3 is 0 Å². The molecule has 28 heavy (non-hydrogen) atoms. The minimum atomic E-state index is -4.61. The maximum absolute atomic E-state index is 10.6. The molecule has 0 rings (SSSR count). The van der Waals surface area contributed by atoms with Gasteiger partial charge in [-0.1, -0.05) is 89.7 Å². The van der Waals surface area contributed by atoms with E-state index in [4.69, 9.17) is 0 Å². The molecule has 0 unspecified atom stereocenters. The third kappa shape index (κ3) is 23.6. The van der Waals surface area contributed by atoms with Crippen molar-refractivity contribution in [2.75, 3.05) is 0 Å². The van der Waals surface area contributed by atoms with Crippen LogP contribution in [0.5, 0.6) is 0 Å². The van der Waals surface area contributed by atoms with Gasteiger partial charge in [0, 0.05) is 0 Å². The summed E-state index contributed by atoms with van der Waals surface area (Å²) in [4.78, 5) is 0. The smallest absolute Gasteiger partial charge is 0.218 e. The summed E-state index contributed by atoms with van der Waals surface area (Å²) in [6.07, 6.45) is 24.1. The third-order valence-corrected chi connectivity index (χ3v) is 5.52. The molecule has 6 heteroatoms. The molecule has 4 N–H and O–H groups in total. The number of quaternary nitrogens is 1. The fourth-order valence-corrected chi connectivity index (χ4v) is 3.93. The van der Waals surface area contributed by atoms with E-state index in [-0.39, 0.29) is 6.15 Å². The van der Waals surface area contributed by atoms with Crippen LogP contribution in [0.3, 0.4) is 0 Å². The minimum Gasteiger partial charge on any atom is -0.726 e. The number of hydrogen-bond donors (Lipinski definition) is 1. The summed E-state index contributed by atoms with van der Waals surface area (Å²) in [6.45, 7) is 5.57. The molecule has 0 aromatic rings. The Morgan fingerprint density at radius 2 is 1.14 bits per heavy atom. The molecule has 0 spiro atoms. The average Bonchev–Trinajstić information content (AvgIpc) is 2.55. The topological polar surface area (TPSA) is 103 Å². The molecule has 0 aliphatic heterocycles. The fourth-order valence-electron chi connectivity index (χ4n) is 3.29. The maximum atomic E-state index is 10.6. The zero-order valence-electron chi connectivity index (χ0n) is 19.0. The van der Waals surface area contributed by atoms with Crippen LogP contribution >= 0.6 is 0 Å². The molecular weight excluding hydrogens is 374 g/mol. The molecule has 0 aromatic heterocycles. The van der Waals surface area contributed by atoms with Gasteiger partial charge in [-0.2, -0.15) is 0 Å². The Bertz CT molecular complexity index is 461. The average molecular weight is 422 g/mol. The van der Waals surface area contributed by atoms with Crippen molar-refractivity contribution in [3.05, 3.63) is 12.2 Å². The molecule has 0 bridgehead atoms. The highest BCUT2D eigenvalue weighted by Crippen LogP contribution is 2.21. The summed E-state index contributed by atoms with van der Waals surface area (Å²) in [5.41, 5.74) is -0.886. The van der Waals surface area contributed by atoms with Crippen LogP contribution in [0.1, 0.15) is 124 Å². The Kier molecular flexibility index (Phi) is 19.8. The first-order valence-electron chi connectivity index (χ1n) is 11.1. The van der Waals surface area contributed by atoms with Gasteiger partial charge in [-0.25, -0.2) is 8.42 Å². The van der Waals surface area contributed by atoms with Gasteiger partial charge in [0.15, 0.2) is 0 Å². The van der Waals surface area contributed by atoms with Crippen LogP contribution in [0.15, 0.2) is 12.2 Å². The second-order valence-corrected chi connectivity index (χ2v) is 9.28. The van der Waals surface area contributed by atoms with E-state index >= 15 is 0 Å². The van der Waals surface area contributed by atoms with Gasteiger partial charge in [-0.3, -0.25) is 4.18 Å². The van der Waals surface area contributed by atoms with E-state index in [9.17, 15) is 13.0 Å². The Morgan fingerprint density at radius 3 is 1.57 bits per heavy atom. The number of allylic oxidation sites excluding steroid dienone is 2. The number of hydrogen-bond acceptors (Lipinski definition) is 4. The second kappa shape index (κ2) is 18.6. The normalized spacial score (nSPS) is 12.4. The van der Waals surface area contributed by atoms with Crippen LogP contribution in [-0.2, 0) is 14.6 Å². The molecular formula is C22H47NO4S.